The van der Waals surface area contributed by atoms with E-state index in [4.69, 9.17) is 16.6 Å². The molecule has 3 heterocycles. The van der Waals surface area contributed by atoms with E-state index in [1.165, 1.54) is 5.69 Å². The van der Waals surface area contributed by atoms with E-state index in [9.17, 15) is 0 Å². The van der Waals surface area contributed by atoms with E-state index >= 15 is 0 Å². The van der Waals surface area contributed by atoms with Crippen LogP contribution >= 0.6 is 22.9 Å². The molecule has 4 rings (SSSR count). The lowest BCUT2D eigenvalue weighted by molar-refractivity contribution is 0.652. The second-order valence-corrected chi connectivity index (χ2v) is 6.67. The Morgan fingerprint density at radius 3 is 2.59 bits per heavy atom. The normalized spacial score (nSPS) is 15.5. The Morgan fingerprint density at radius 2 is 1.82 bits per heavy atom. The molecule has 0 atom stereocenters. The Kier molecular flexibility index (Phi) is 3.60. The quantitative estimate of drug-likeness (QED) is 0.717. The van der Waals surface area contributed by atoms with Crippen molar-refractivity contribution in [2.45, 2.75) is 0 Å². The van der Waals surface area contributed by atoms with E-state index in [1.54, 1.807) is 11.3 Å². The molecule has 1 aromatic carbocycles. The maximum absolute atomic E-state index is 6.08. The SMILES string of the molecule is Clc1cccc(N2CCN(c3nc4cccnc4s3)CC2)c1. The summed E-state index contributed by atoms with van der Waals surface area (Å²) < 4.78 is 0. The molecule has 112 valence electrons. The zero-order valence-electron chi connectivity index (χ0n) is 11.9. The number of aromatic nitrogens is 2. The van der Waals surface area contributed by atoms with Crippen molar-refractivity contribution < 1.29 is 0 Å². The number of rotatable bonds is 2. The molecule has 2 aromatic heterocycles. The highest BCUT2D eigenvalue weighted by molar-refractivity contribution is 7.21. The molecule has 6 heteroatoms. The number of benzene rings is 1. The average molecular weight is 331 g/mol. The van der Waals surface area contributed by atoms with Crippen LogP contribution in [0.25, 0.3) is 10.3 Å². The first kappa shape index (κ1) is 13.8. The predicted molar refractivity (Wildman–Crippen MR) is 93.3 cm³/mol. The van der Waals surface area contributed by atoms with Crippen LogP contribution < -0.4 is 9.80 Å². The molecule has 4 nitrogen and oxygen atoms in total. The maximum Gasteiger partial charge on any atom is 0.188 e. The number of anilines is 2. The van der Waals surface area contributed by atoms with Crippen molar-refractivity contribution in [2.75, 3.05) is 36.0 Å². The molecule has 1 aliphatic heterocycles. The molecule has 0 bridgehead atoms. The first-order chi connectivity index (χ1) is 10.8. The van der Waals surface area contributed by atoms with Crippen LogP contribution in [0.4, 0.5) is 10.8 Å². The van der Waals surface area contributed by atoms with Crippen LogP contribution in [0.2, 0.25) is 5.02 Å². The summed E-state index contributed by atoms with van der Waals surface area (Å²) in [6.45, 7) is 3.88. The van der Waals surface area contributed by atoms with Gasteiger partial charge in [-0.2, -0.15) is 0 Å². The van der Waals surface area contributed by atoms with Gasteiger partial charge in [0.1, 0.15) is 10.3 Å². The number of thiazole rings is 1. The van der Waals surface area contributed by atoms with Gasteiger partial charge in [0.25, 0.3) is 0 Å². The van der Waals surface area contributed by atoms with Crippen molar-refractivity contribution in [3.05, 3.63) is 47.6 Å². The van der Waals surface area contributed by atoms with Crippen molar-refractivity contribution >= 4 is 44.1 Å². The summed E-state index contributed by atoms with van der Waals surface area (Å²) in [4.78, 5) is 14.8. The third kappa shape index (κ3) is 2.62. The van der Waals surface area contributed by atoms with E-state index in [-0.39, 0.29) is 0 Å². The molecule has 0 spiro atoms. The van der Waals surface area contributed by atoms with Crippen LogP contribution in [-0.4, -0.2) is 36.1 Å². The summed E-state index contributed by atoms with van der Waals surface area (Å²) in [6, 6.07) is 12.0. The van der Waals surface area contributed by atoms with Gasteiger partial charge in [0.2, 0.25) is 0 Å². The highest BCUT2D eigenvalue weighted by Gasteiger charge is 2.20. The van der Waals surface area contributed by atoms with Crippen molar-refractivity contribution in [2.24, 2.45) is 0 Å². The van der Waals surface area contributed by atoms with Gasteiger partial charge in [-0.3, -0.25) is 0 Å². The second kappa shape index (κ2) is 5.74. The Labute approximate surface area is 138 Å². The van der Waals surface area contributed by atoms with Crippen molar-refractivity contribution in [1.29, 1.82) is 0 Å². The molecule has 22 heavy (non-hydrogen) atoms. The molecule has 1 saturated heterocycles. The lowest BCUT2D eigenvalue weighted by Gasteiger charge is -2.36. The van der Waals surface area contributed by atoms with Gasteiger partial charge in [0.05, 0.1) is 0 Å². The molecule has 0 amide bonds. The molecule has 1 aliphatic rings. The largest absolute Gasteiger partial charge is 0.368 e. The van der Waals surface area contributed by atoms with E-state index < -0.39 is 0 Å². The van der Waals surface area contributed by atoms with Crippen molar-refractivity contribution in [3.63, 3.8) is 0 Å². The molecule has 0 N–H and O–H groups in total. The van der Waals surface area contributed by atoms with E-state index in [2.05, 4.69) is 20.9 Å². The standard InChI is InChI=1S/C16H15ClN4S/c17-12-3-1-4-13(11-12)20-7-9-21(10-8-20)16-19-14-5-2-6-18-15(14)22-16/h1-6,11H,7-10H2. The molecule has 0 radical (unpaired) electrons. The van der Waals surface area contributed by atoms with Crippen LogP contribution in [0, 0.1) is 0 Å². The summed E-state index contributed by atoms with van der Waals surface area (Å²) in [5.74, 6) is 0. The lowest BCUT2D eigenvalue weighted by atomic mass is 10.2. The number of halogens is 1. The van der Waals surface area contributed by atoms with Crippen LogP contribution in [0.5, 0.6) is 0 Å². The van der Waals surface area contributed by atoms with Gasteiger partial charge in [0.15, 0.2) is 5.13 Å². The predicted octanol–water partition coefficient (Wildman–Crippen LogP) is 3.67. The summed E-state index contributed by atoms with van der Waals surface area (Å²) in [5, 5.41) is 1.86. The van der Waals surface area contributed by atoms with E-state index in [1.807, 2.05) is 36.5 Å². The summed E-state index contributed by atoms with van der Waals surface area (Å²) >= 11 is 7.75. The van der Waals surface area contributed by atoms with Gasteiger partial charge in [-0.15, -0.1) is 0 Å². The minimum Gasteiger partial charge on any atom is -0.368 e. The molecule has 3 aromatic rings. The Bertz CT molecular complexity index is 762. The second-order valence-electron chi connectivity index (χ2n) is 5.28. The zero-order chi connectivity index (χ0) is 14.9. The van der Waals surface area contributed by atoms with Crippen LogP contribution in [0.3, 0.4) is 0 Å². The smallest absolute Gasteiger partial charge is 0.188 e. The maximum atomic E-state index is 6.08. The minimum atomic E-state index is 0.789. The minimum absolute atomic E-state index is 0.789. The number of hydrogen-bond donors (Lipinski definition) is 0. The molecular weight excluding hydrogens is 316 g/mol. The lowest BCUT2D eigenvalue weighted by Crippen LogP contribution is -2.46. The third-order valence-electron chi connectivity index (χ3n) is 3.88. The fraction of sp³-hybridized carbons (Fsp3) is 0.250. The Balaban J connectivity index is 1.49. The Hall–Kier alpha value is -1.85. The van der Waals surface area contributed by atoms with Gasteiger partial charge in [-0.05, 0) is 30.3 Å². The van der Waals surface area contributed by atoms with Gasteiger partial charge >= 0.3 is 0 Å². The third-order valence-corrected chi connectivity index (χ3v) is 5.15. The van der Waals surface area contributed by atoms with E-state index in [0.717, 1.165) is 46.7 Å². The highest BCUT2D eigenvalue weighted by atomic mass is 35.5. The summed E-state index contributed by atoms with van der Waals surface area (Å²) in [7, 11) is 0. The molecule has 0 aliphatic carbocycles. The summed E-state index contributed by atoms with van der Waals surface area (Å²) in [5.41, 5.74) is 2.18. The van der Waals surface area contributed by atoms with Gasteiger partial charge < -0.3 is 9.80 Å². The van der Waals surface area contributed by atoms with Crippen LogP contribution in [0.15, 0.2) is 42.6 Å². The summed E-state index contributed by atoms with van der Waals surface area (Å²) in [6.07, 6.45) is 1.82. The Morgan fingerprint density at radius 1 is 1.00 bits per heavy atom. The van der Waals surface area contributed by atoms with Crippen LogP contribution in [0.1, 0.15) is 0 Å². The molecule has 0 saturated carbocycles. The molecule has 1 fully saturated rings. The number of fused-ring (bicyclic) bond motifs is 1. The highest BCUT2D eigenvalue weighted by Crippen LogP contribution is 2.28. The first-order valence-electron chi connectivity index (χ1n) is 7.27. The fourth-order valence-electron chi connectivity index (χ4n) is 2.72. The van der Waals surface area contributed by atoms with Crippen LogP contribution in [-0.2, 0) is 0 Å². The monoisotopic (exact) mass is 330 g/mol. The van der Waals surface area contributed by atoms with Gasteiger partial charge in [-0.25, -0.2) is 9.97 Å². The van der Waals surface area contributed by atoms with E-state index in [0.29, 0.717) is 0 Å². The topological polar surface area (TPSA) is 32.3 Å². The first-order valence-corrected chi connectivity index (χ1v) is 8.46. The molecule has 0 unspecified atom stereocenters. The zero-order valence-corrected chi connectivity index (χ0v) is 13.5. The van der Waals surface area contributed by atoms with Crippen molar-refractivity contribution in [3.8, 4) is 0 Å². The fourth-order valence-corrected chi connectivity index (χ4v) is 3.87. The molecular formula is C16H15ClN4S. The number of nitrogens with zero attached hydrogens (tertiary/aromatic N) is 4. The average Bonchev–Trinajstić information content (AvgIpc) is 2.99. The van der Waals surface area contributed by atoms with Crippen molar-refractivity contribution in [1.82, 2.24) is 9.97 Å². The van der Waals surface area contributed by atoms with Gasteiger partial charge in [-0.1, -0.05) is 29.0 Å². The van der Waals surface area contributed by atoms with Gasteiger partial charge in [0, 0.05) is 43.1 Å². The number of hydrogen-bond acceptors (Lipinski definition) is 5. The number of piperazine rings is 1. The number of pyridine rings is 1.